The lowest BCUT2D eigenvalue weighted by atomic mass is 10.1. The van der Waals surface area contributed by atoms with Crippen molar-refractivity contribution < 1.29 is 4.57 Å². The zero-order valence-corrected chi connectivity index (χ0v) is 15.5. The number of hydrogen-bond acceptors (Lipinski definition) is 1. The maximum atomic E-state index is 3.83. The molecule has 0 aliphatic carbocycles. The van der Waals surface area contributed by atoms with Crippen molar-refractivity contribution in [2.45, 2.75) is 6.54 Å². The molecule has 0 N–H and O–H groups in total. The lowest BCUT2D eigenvalue weighted by Crippen LogP contribution is -2.33. The van der Waals surface area contributed by atoms with Gasteiger partial charge in [-0.25, -0.2) is 4.57 Å². The molecule has 0 bridgehead atoms. The number of anilines is 1. The van der Waals surface area contributed by atoms with E-state index < -0.39 is 0 Å². The third-order valence-electron chi connectivity index (χ3n) is 4.35. The minimum Gasteiger partial charge on any atom is -0.378 e. The fraction of sp³-hybridized carbons (Fsp3) is 0.125. The van der Waals surface area contributed by atoms with E-state index in [0.29, 0.717) is 0 Å². The van der Waals surface area contributed by atoms with Crippen LogP contribution in [0.3, 0.4) is 0 Å². The minimum atomic E-state index is 0.859. The van der Waals surface area contributed by atoms with Crippen molar-refractivity contribution in [3.8, 4) is 0 Å². The average molecular weight is 341 g/mol. The Morgan fingerprint density at radius 1 is 0.846 bits per heavy atom. The van der Waals surface area contributed by atoms with Crippen LogP contribution in [-0.2, 0) is 6.54 Å². The Morgan fingerprint density at radius 3 is 2.12 bits per heavy atom. The Balaban J connectivity index is 1.66. The highest BCUT2D eigenvalue weighted by Crippen LogP contribution is 2.14. The van der Waals surface area contributed by atoms with Crippen LogP contribution in [0.4, 0.5) is 5.69 Å². The highest BCUT2D eigenvalue weighted by Gasteiger charge is 2.02. The van der Waals surface area contributed by atoms with Crippen LogP contribution in [0.15, 0.2) is 79.6 Å². The SMILES string of the molecule is C=Cc1cccc(C[n+]2ccc(/C=C/c3ccc(N(C)C)cc3)cc2)c1. The summed E-state index contributed by atoms with van der Waals surface area (Å²) >= 11 is 0. The van der Waals surface area contributed by atoms with E-state index in [1.807, 2.05) is 6.08 Å². The van der Waals surface area contributed by atoms with E-state index in [0.717, 1.165) is 12.1 Å². The molecule has 0 saturated heterocycles. The Morgan fingerprint density at radius 2 is 1.50 bits per heavy atom. The van der Waals surface area contributed by atoms with Crippen molar-refractivity contribution in [1.29, 1.82) is 0 Å². The molecule has 1 heterocycles. The summed E-state index contributed by atoms with van der Waals surface area (Å²) in [5.41, 5.74) is 6.04. The van der Waals surface area contributed by atoms with E-state index in [1.165, 1.54) is 22.4 Å². The van der Waals surface area contributed by atoms with Crippen molar-refractivity contribution in [3.05, 3.63) is 102 Å². The predicted octanol–water partition coefficient (Wildman–Crippen LogP) is 4.90. The van der Waals surface area contributed by atoms with Gasteiger partial charge in [-0.3, -0.25) is 0 Å². The molecule has 3 aromatic rings. The molecule has 0 aliphatic rings. The Bertz CT molecular complexity index is 888. The number of benzene rings is 2. The molecule has 0 atom stereocenters. The van der Waals surface area contributed by atoms with Gasteiger partial charge < -0.3 is 4.90 Å². The van der Waals surface area contributed by atoms with E-state index in [1.54, 1.807) is 0 Å². The highest BCUT2D eigenvalue weighted by molar-refractivity contribution is 5.70. The van der Waals surface area contributed by atoms with E-state index in [4.69, 9.17) is 0 Å². The third-order valence-corrected chi connectivity index (χ3v) is 4.35. The Hall–Kier alpha value is -3.13. The first-order valence-corrected chi connectivity index (χ1v) is 8.80. The van der Waals surface area contributed by atoms with Crippen molar-refractivity contribution in [2.75, 3.05) is 19.0 Å². The zero-order chi connectivity index (χ0) is 18.4. The van der Waals surface area contributed by atoms with Gasteiger partial charge in [-0.2, -0.15) is 0 Å². The number of nitrogens with zero attached hydrogens (tertiary/aromatic N) is 2. The first kappa shape index (κ1) is 17.7. The fourth-order valence-corrected chi connectivity index (χ4v) is 2.79. The first-order valence-electron chi connectivity index (χ1n) is 8.80. The molecule has 0 radical (unpaired) electrons. The summed E-state index contributed by atoms with van der Waals surface area (Å²) in [5.74, 6) is 0. The van der Waals surface area contributed by atoms with Crippen LogP contribution in [0.2, 0.25) is 0 Å². The smallest absolute Gasteiger partial charge is 0.173 e. The van der Waals surface area contributed by atoms with E-state index >= 15 is 0 Å². The summed E-state index contributed by atoms with van der Waals surface area (Å²) in [7, 11) is 4.11. The molecule has 0 fully saturated rings. The van der Waals surface area contributed by atoms with Crippen LogP contribution in [0.1, 0.15) is 22.3 Å². The monoisotopic (exact) mass is 341 g/mol. The van der Waals surface area contributed by atoms with E-state index in [-0.39, 0.29) is 0 Å². The maximum Gasteiger partial charge on any atom is 0.173 e. The molecule has 0 amide bonds. The number of aromatic nitrogens is 1. The lowest BCUT2D eigenvalue weighted by molar-refractivity contribution is -0.688. The lowest BCUT2D eigenvalue weighted by Gasteiger charge is -2.11. The normalized spacial score (nSPS) is 10.8. The van der Waals surface area contributed by atoms with Crippen LogP contribution in [0.25, 0.3) is 18.2 Å². The summed E-state index contributed by atoms with van der Waals surface area (Å²) in [6.07, 6.45) is 10.4. The van der Waals surface area contributed by atoms with Gasteiger partial charge in [0.15, 0.2) is 18.9 Å². The predicted molar refractivity (Wildman–Crippen MR) is 112 cm³/mol. The number of rotatable bonds is 6. The van der Waals surface area contributed by atoms with E-state index in [2.05, 4.69) is 115 Å². The summed E-state index contributed by atoms with van der Waals surface area (Å²) < 4.78 is 2.19. The second-order valence-electron chi connectivity index (χ2n) is 6.57. The Kier molecular flexibility index (Phi) is 5.65. The molecule has 26 heavy (non-hydrogen) atoms. The zero-order valence-electron chi connectivity index (χ0n) is 15.5. The summed E-state index contributed by atoms with van der Waals surface area (Å²) in [4.78, 5) is 2.11. The topological polar surface area (TPSA) is 7.12 Å². The molecule has 3 rings (SSSR count). The second-order valence-corrected chi connectivity index (χ2v) is 6.57. The summed E-state index contributed by atoms with van der Waals surface area (Å²) in [6, 6.07) is 21.3. The van der Waals surface area contributed by atoms with Gasteiger partial charge in [-0.15, -0.1) is 0 Å². The van der Waals surface area contributed by atoms with Crippen LogP contribution >= 0.6 is 0 Å². The Labute approximate surface area is 156 Å². The van der Waals surface area contributed by atoms with E-state index in [9.17, 15) is 0 Å². The van der Waals surface area contributed by atoms with Crippen molar-refractivity contribution in [1.82, 2.24) is 0 Å². The van der Waals surface area contributed by atoms with Crippen molar-refractivity contribution in [3.63, 3.8) is 0 Å². The second kappa shape index (κ2) is 8.30. The largest absolute Gasteiger partial charge is 0.378 e. The highest BCUT2D eigenvalue weighted by atomic mass is 15.1. The first-order chi connectivity index (χ1) is 12.6. The molecule has 2 nitrogen and oxygen atoms in total. The van der Waals surface area contributed by atoms with Gasteiger partial charge in [0.1, 0.15) is 0 Å². The molecular formula is C24H25N2+. The summed E-state index contributed by atoms with van der Waals surface area (Å²) in [6.45, 7) is 4.69. The van der Waals surface area contributed by atoms with Crippen LogP contribution < -0.4 is 9.47 Å². The molecule has 1 aromatic heterocycles. The molecule has 2 heteroatoms. The molecule has 2 aromatic carbocycles. The van der Waals surface area contributed by atoms with Gasteiger partial charge >= 0.3 is 0 Å². The maximum absolute atomic E-state index is 3.83. The van der Waals surface area contributed by atoms with Crippen LogP contribution in [-0.4, -0.2) is 14.1 Å². The van der Waals surface area contributed by atoms with Gasteiger partial charge in [0.25, 0.3) is 0 Å². The molecule has 0 aliphatic heterocycles. The molecule has 0 spiro atoms. The van der Waals surface area contributed by atoms with Gasteiger partial charge in [-0.1, -0.05) is 55.1 Å². The number of pyridine rings is 1. The van der Waals surface area contributed by atoms with Gasteiger partial charge in [-0.05, 0) is 34.9 Å². The number of hydrogen-bond donors (Lipinski definition) is 0. The van der Waals surface area contributed by atoms with Crippen molar-refractivity contribution in [2.24, 2.45) is 0 Å². The average Bonchev–Trinajstić information content (AvgIpc) is 2.68. The van der Waals surface area contributed by atoms with Crippen LogP contribution in [0, 0.1) is 0 Å². The van der Waals surface area contributed by atoms with Crippen molar-refractivity contribution >= 4 is 23.9 Å². The molecule has 0 unspecified atom stereocenters. The van der Waals surface area contributed by atoms with Crippen LogP contribution in [0.5, 0.6) is 0 Å². The fourth-order valence-electron chi connectivity index (χ4n) is 2.79. The third kappa shape index (κ3) is 4.70. The quantitative estimate of drug-likeness (QED) is 0.578. The van der Waals surface area contributed by atoms with Gasteiger partial charge in [0.2, 0.25) is 0 Å². The van der Waals surface area contributed by atoms with Gasteiger partial charge in [0, 0.05) is 37.5 Å². The summed E-state index contributed by atoms with van der Waals surface area (Å²) in [5, 5.41) is 0. The van der Waals surface area contributed by atoms with Gasteiger partial charge in [0.05, 0.1) is 0 Å². The molecule has 130 valence electrons. The molecule has 0 saturated carbocycles. The standard InChI is InChI=1S/C24H25N2/c1-4-20-6-5-7-23(18-20)19-26-16-14-22(15-17-26)9-8-21-10-12-24(13-11-21)25(2)3/h4-18H,1,19H2,2-3H3/q+1. The molecular weight excluding hydrogens is 316 g/mol. The minimum absolute atomic E-state index is 0.859.